The van der Waals surface area contributed by atoms with Gasteiger partial charge in [0.1, 0.15) is 23.5 Å². The van der Waals surface area contributed by atoms with Crippen molar-refractivity contribution < 1.29 is 4.39 Å². The predicted molar refractivity (Wildman–Crippen MR) is 78.8 cm³/mol. The van der Waals surface area contributed by atoms with Crippen molar-refractivity contribution in [2.75, 3.05) is 5.32 Å². The molecular weight excluding hydrogens is 309 g/mol. The third kappa shape index (κ3) is 4.56. The molecule has 0 spiro atoms. The number of allylic oxidation sites excluding steroid dienone is 1. The van der Waals surface area contributed by atoms with Crippen molar-refractivity contribution >= 4 is 28.2 Å². The van der Waals surface area contributed by atoms with Crippen molar-refractivity contribution in [3.05, 3.63) is 47.4 Å². The highest BCUT2D eigenvalue weighted by atomic mass is 32.2. The van der Waals surface area contributed by atoms with Gasteiger partial charge in [-0.25, -0.2) is 4.39 Å². The molecule has 2 aromatic rings. The number of nitrogens with one attached hydrogen (secondary N) is 1. The van der Waals surface area contributed by atoms with Crippen molar-refractivity contribution in [3.63, 3.8) is 0 Å². The number of hydrogen-bond donors (Lipinski definition) is 1. The van der Waals surface area contributed by atoms with Crippen molar-refractivity contribution in [1.29, 1.82) is 10.5 Å². The molecule has 0 fully saturated rings. The van der Waals surface area contributed by atoms with Gasteiger partial charge in [0.25, 0.3) is 0 Å². The first-order valence-corrected chi connectivity index (χ1v) is 7.49. The maximum Gasteiger partial charge on any atom is 0.210 e. The highest BCUT2D eigenvalue weighted by molar-refractivity contribution is 8.00. The van der Waals surface area contributed by atoms with Crippen LogP contribution in [0.5, 0.6) is 0 Å². The fraction of sp³-hybridized carbons (Fsp3) is 0.0769. The van der Waals surface area contributed by atoms with Crippen LogP contribution in [0.3, 0.4) is 0 Å². The monoisotopic (exact) mass is 317 g/mol. The normalized spacial score (nSPS) is 9.48. The van der Waals surface area contributed by atoms with Gasteiger partial charge in [-0.15, -0.1) is 10.2 Å². The molecule has 1 N–H and O–H groups in total. The Labute approximate surface area is 128 Å². The zero-order valence-corrected chi connectivity index (χ0v) is 12.2. The van der Waals surface area contributed by atoms with Crippen LogP contribution in [0.1, 0.15) is 5.56 Å². The van der Waals surface area contributed by atoms with E-state index >= 15 is 0 Å². The van der Waals surface area contributed by atoms with Gasteiger partial charge in [0.15, 0.2) is 4.34 Å². The molecule has 0 saturated heterocycles. The van der Waals surface area contributed by atoms with Crippen LogP contribution >= 0.6 is 23.1 Å². The molecule has 1 aromatic heterocycles. The third-order valence-electron chi connectivity index (χ3n) is 2.26. The molecule has 0 aliphatic rings. The van der Waals surface area contributed by atoms with Gasteiger partial charge in [-0.3, -0.25) is 0 Å². The molecule has 1 aromatic carbocycles. The van der Waals surface area contributed by atoms with Gasteiger partial charge < -0.3 is 5.32 Å². The van der Waals surface area contributed by atoms with Crippen molar-refractivity contribution in [2.45, 2.75) is 10.1 Å². The molecule has 0 radical (unpaired) electrons. The summed E-state index contributed by atoms with van der Waals surface area (Å²) in [6.07, 6.45) is 1.29. The van der Waals surface area contributed by atoms with E-state index in [0.29, 0.717) is 10.9 Å². The number of rotatable bonds is 5. The topological polar surface area (TPSA) is 85.4 Å². The first-order chi connectivity index (χ1) is 10.2. The number of halogens is 1. The lowest BCUT2D eigenvalue weighted by Crippen LogP contribution is -1.88. The summed E-state index contributed by atoms with van der Waals surface area (Å²) < 4.78 is 13.5. The molecule has 2 rings (SSSR count). The van der Waals surface area contributed by atoms with Gasteiger partial charge in [0.2, 0.25) is 5.13 Å². The Morgan fingerprint density at radius 3 is 2.67 bits per heavy atom. The van der Waals surface area contributed by atoms with Gasteiger partial charge in [0.05, 0.1) is 0 Å². The molecule has 0 atom stereocenters. The van der Waals surface area contributed by atoms with Crippen molar-refractivity contribution in [3.8, 4) is 12.1 Å². The van der Waals surface area contributed by atoms with Gasteiger partial charge in [-0.1, -0.05) is 35.2 Å². The van der Waals surface area contributed by atoms with E-state index < -0.39 is 0 Å². The predicted octanol–water partition coefficient (Wildman–Crippen LogP) is 3.31. The van der Waals surface area contributed by atoms with Gasteiger partial charge in [-0.05, 0) is 17.7 Å². The second kappa shape index (κ2) is 7.39. The maximum absolute atomic E-state index is 12.8. The lowest BCUT2D eigenvalue weighted by Gasteiger charge is -1.97. The van der Waals surface area contributed by atoms with E-state index in [-0.39, 0.29) is 11.4 Å². The van der Waals surface area contributed by atoms with Gasteiger partial charge in [0, 0.05) is 12.0 Å². The molecule has 21 heavy (non-hydrogen) atoms. The first kappa shape index (κ1) is 15.0. The summed E-state index contributed by atoms with van der Waals surface area (Å²) in [6, 6.07) is 9.75. The Morgan fingerprint density at radius 2 is 2.00 bits per heavy atom. The quantitative estimate of drug-likeness (QED) is 0.672. The second-order valence-corrected chi connectivity index (χ2v) is 5.91. The SMILES string of the molecule is N#CC(C#N)=CNc1nnc(SCc2ccc(F)cc2)s1. The van der Waals surface area contributed by atoms with E-state index in [2.05, 4.69) is 15.5 Å². The van der Waals surface area contributed by atoms with Crippen LogP contribution < -0.4 is 5.32 Å². The number of anilines is 1. The smallest absolute Gasteiger partial charge is 0.210 e. The molecule has 0 amide bonds. The van der Waals surface area contributed by atoms with Crippen LogP contribution in [0.2, 0.25) is 0 Å². The summed E-state index contributed by atoms with van der Waals surface area (Å²) in [5.41, 5.74) is 0.952. The van der Waals surface area contributed by atoms with Crippen LogP contribution in [-0.2, 0) is 5.75 Å². The number of benzene rings is 1. The van der Waals surface area contributed by atoms with E-state index in [1.54, 1.807) is 24.3 Å². The minimum absolute atomic E-state index is 0.0364. The van der Waals surface area contributed by atoms with E-state index in [4.69, 9.17) is 10.5 Å². The highest BCUT2D eigenvalue weighted by Crippen LogP contribution is 2.28. The molecule has 0 saturated carbocycles. The number of nitriles is 2. The van der Waals surface area contributed by atoms with Crippen LogP contribution in [0.4, 0.5) is 9.52 Å². The van der Waals surface area contributed by atoms with E-state index in [1.807, 2.05) is 0 Å². The fourth-order valence-corrected chi connectivity index (χ4v) is 2.95. The van der Waals surface area contributed by atoms with Crippen LogP contribution in [-0.4, -0.2) is 10.2 Å². The summed E-state index contributed by atoms with van der Waals surface area (Å²) in [5.74, 6) is 0.399. The number of nitrogens with zero attached hydrogens (tertiary/aromatic N) is 4. The molecule has 5 nitrogen and oxygen atoms in total. The van der Waals surface area contributed by atoms with Crippen molar-refractivity contribution in [1.82, 2.24) is 10.2 Å². The summed E-state index contributed by atoms with van der Waals surface area (Å²) in [4.78, 5) is 0. The minimum atomic E-state index is -0.260. The highest BCUT2D eigenvalue weighted by Gasteiger charge is 2.05. The van der Waals surface area contributed by atoms with Gasteiger partial charge >= 0.3 is 0 Å². The molecule has 8 heteroatoms. The van der Waals surface area contributed by atoms with Crippen LogP contribution in [0, 0.1) is 28.5 Å². The zero-order valence-electron chi connectivity index (χ0n) is 10.6. The van der Waals surface area contributed by atoms with Gasteiger partial charge in [-0.2, -0.15) is 10.5 Å². The molecule has 0 aliphatic carbocycles. The molecule has 0 bridgehead atoms. The summed E-state index contributed by atoms with van der Waals surface area (Å²) in [5, 5.41) is 28.3. The van der Waals surface area contributed by atoms with Crippen LogP contribution in [0.25, 0.3) is 0 Å². The Kier molecular flexibility index (Phi) is 5.27. The summed E-state index contributed by atoms with van der Waals surface area (Å²) in [6.45, 7) is 0. The number of thioether (sulfide) groups is 1. The van der Waals surface area contributed by atoms with E-state index in [0.717, 1.165) is 9.90 Å². The average molecular weight is 317 g/mol. The molecule has 0 aliphatic heterocycles. The Morgan fingerprint density at radius 1 is 1.29 bits per heavy atom. The minimum Gasteiger partial charge on any atom is -0.335 e. The lowest BCUT2D eigenvalue weighted by molar-refractivity contribution is 0.627. The average Bonchev–Trinajstić information content (AvgIpc) is 2.96. The zero-order chi connectivity index (χ0) is 15.1. The number of hydrogen-bond acceptors (Lipinski definition) is 7. The fourth-order valence-electron chi connectivity index (χ4n) is 1.28. The Hall–Kier alpha value is -2.42. The summed E-state index contributed by atoms with van der Waals surface area (Å²) >= 11 is 2.79. The maximum atomic E-state index is 12.8. The Balaban J connectivity index is 1.92. The molecule has 104 valence electrons. The molecular formula is C13H8FN5S2. The second-order valence-electron chi connectivity index (χ2n) is 3.71. The summed E-state index contributed by atoms with van der Waals surface area (Å²) in [7, 11) is 0. The van der Waals surface area contributed by atoms with E-state index in [1.165, 1.54) is 41.4 Å². The lowest BCUT2D eigenvalue weighted by atomic mass is 10.2. The first-order valence-electron chi connectivity index (χ1n) is 5.69. The number of aromatic nitrogens is 2. The van der Waals surface area contributed by atoms with Crippen molar-refractivity contribution in [2.24, 2.45) is 0 Å². The largest absolute Gasteiger partial charge is 0.335 e. The molecule has 0 unspecified atom stereocenters. The standard InChI is InChI=1S/C13H8FN5S2/c14-11-3-1-9(2-4-11)8-20-13-19-18-12(21-13)17-7-10(5-15)6-16/h1-4,7H,8H2,(H,17,18). The molecule has 1 heterocycles. The van der Waals surface area contributed by atoms with Crippen LogP contribution in [0.15, 0.2) is 40.4 Å². The Bertz CT molecular complexity index is 708. The third-order valence-corrected chi connectivity index (χ3v) is 4.32. The van der Waals surface area contributed by atoms with E-state index in [9.17, 15) is 4.39 Å².